The highest BCUT2D eigenvalue weighted by molar-refractivity contribution is 5.74. The molecular weight excluding hydrogens is 248 g/mol. The van der Waals surface area contributed by atoms with Gasteiger partial charge >= 0.3 is 5.69 Å². The van der Waals surface area contributed by atoms with Crippen LogP contribution in [0.1, 0.15) is 24.6 Å². The molecule has 7 heteroatoms. The summed E-state index contributed by atoms with van der Waals surface area (Å²) in [5.74, 6) is 1.15. The number of rotatable bonds is 4. The first-order valence-electron chi connectivity index (χ1n) is 5.70. The molecule has 0 bridgehead atoms. The van der Waals surface area contributed by atoms with Crippen molar-refractivity contribution in [2.24, 2.45) is 0 Å². The van der Waals surface area contributed by atoms with Crippen LogP contribution in [0.3, 0.4) is 0 Å². The van der Waals surface area contributed by atoms with Crippen LogP contribution in [-0.4, -0.2) is 9.91 Å². The third kappa shape index (κ3) is 2.65. The average Bonchev–Trinajstić information content (AvgIpc) is 2.75. The Bertz CT molecular complexity index is 609. The summed E-state index contributed by atoms with van der Waals surface area (Å²) < 4.78 is 5.37. The van der Waals surface area contributed by atoms with Crippen LogP contribution >= 0.6 is 0 Å². The van der Waals surface area contributed by atoms with E-state index in [1.807, 2.05) is 0 Å². The Morgan fingerprint density at radius 2 is 2.26 bits per heavy atom. The second-order valence-electron chi connectivity index (χ2n) is 4.18. The molecular formula is C12H14N4O3. The summed E-state index contributed by atoms with van der Waals surface area (Å²) in [7, 11) is 0. The topological polar surface area (TPSA) is 107 Å². The maximum atomic E-state index is 11.0. The van der Waals surface area contributed by atoms with Crippen molar-refractivity contribution in [3.63, 3.8) is 0 Å². The largest absolute Gasteiger partial charge is 0.444 e. The zero-order valence-corrected chi connectivity index (χ0v) is 10.6. The number of benzene rings is 1. The fraction of sp³-hybridized carbons (Fsp3) is 0.250. The highest BCUT2D eigenvalue weighted by atomic mass is 16.6. The van der Waals surface area contributed by atoms with E-state index in [0.29, 0.717) is 17.3 Å². The lowest BCUT2D eigenvalue weighted by Gasteiger charge is -2.12. The molecule has 7 nitrogen and oxygen atoms in total. The molecule has 1 aromatic heterocycles. The van der Waals surface area contributed by atoms with Gasteiger partial charge in [0, 0.05) is 0 Å². The van der Waals surface area contributed by atoms with Gasteiger partial charge in [0.15, 0.2) is 0 Å². The molecule has 19 heavy (non-hydrogen) atoms. The predicted molar refractivity (Wildman–Crippen MR) is 70.8 cm³/mol. The van der Waals surface area contributed by atoms with E-state index in [-0.39, 0.29) is 17.4 Å². The maximum absolute atomic E-state index is 11.0. The van der Waals surface area contributed by atoms with Gasteiger partial charge in [0.05, 0.1) is 11.1 Å². The van der Waals surface area contributed by atoms with Gasteiger partial charge in [0.2, 0.25) is 5.89 Å². The lowest BCUT2D eigenvalue weighted by atomic mass is 10.2. The molecule has 0 saturated carbocycles. The molecule has 0 aliphatic heterocycles. The van der Waals surface area contributed by atoms with Gasteiger partial charge in [0.25, 0.3) is 0 Å². The molecule has 2 aromatic rings. The molecule has 1 unspecified atom stereocenters. The highest BCUT2D eigenvalue weighted by Crippen LogP contribution is 2.32. The first-order valence-corrected chi connectivity index (χ1v) is 5.70. The quantitative estimate of drug-likeness (QED) is 0.498. The number of nitrogens with zero attached hydrogens (tertiary/aromatic N) is 2. The third-order valence-electron chi connectivity index (χ3n) is 2.63. The second kappa shape index (κ2) is 4.97. The molecule has 1 heterocycles. The van der Waals surface area contributed by atoms with E-state index in [2.05, 4.69) is 10.3 Å². The van der Waals surface area contributed by atoms with E-state index in [1.54, 1.807) is 32.2 Å². The molecule has 3 N–H and O–H groups in total. The van der Waals surface area contributed by atoms with Crippen molar-refractivity contribution in [2.75, 3.05) is 11.1 Å². The predicted octanol–water partition coefficient (Wildman–Crippen LogP) is 2.65. The molecule has 0 radical (unpaired) electrons. The van der Waals surface area contributed by atoms with E-state index in [0.717, 1.165) is 0 Å². The van der Waals surface area contributed by atoms with Crippen LogP contribution in [0.5, 0.6) is 0 Å². The van der Waals surface area contributed by atoms with Crippen molar-refractivity contribution < 1.29 is 9.34 Å². The van der Waals surface area contributed by atoms with E-state index < -0.39 is 4.92 Å². The van der Waals surface area contributed by atoms with Crippen LogP contribution in [0.2, 0.25) is 0 Å². The van der Waals surface area contributed by atoms with Crippen LogP contribution in [0.25, 0.3) is 0 Å². The summed E-state index contributed by atoms with van der Waals surface area (Å²) in [5, 5.41) is 14.0. The number of nitrogens with two attached hydrogens (primary N) is 1. The second-order valence-corrected chi connectivity index (χ2v) is 4.18. The molecule has 0 amide bonds. The number of anilines is 2. The van der Waals surface area contributed by atoms with E-state index >= 15 is 0 Å². The zero-order valence-electron chi connectivity index (χ0n) is 10.6. The number of aromatic nitrogens is 1. The lowest BCUT2D eigenvalue weighted by molar-refractivity contribution is -0.383. The van der Waals surface area contributed by atoms with Gasteiger partial charge in [-0.2, -0.15) is 0 Å². The molecule has 1 atom stereocenters. The van der Waals surface area contributed by atoms with Crippen LogP contribution in [0.4, 0.5) is 17.1 Å². The summed E-state index contributed by atoms with van der Waals surface area (Å²) in [5.41, 5.74) is 5.94. The number of aryl methyl sites for hydroxylation is 1. The molecule has 0 aliphatic carbocycles. The van der Waals surface area contributed by atoms with Gasteiger partial charge in [-0.1, -0.05) is 6.07 Å². The normalized spacial score (nSPS) is 12.1. The van der Waals surface area contributed by atoms with Crippen molar-refractivity contribution in [3.05, 3.63) is 46.2 Å². The van der Waals surface area contributed by atoms with Crippen LogP contribution < -0.4 is 11.1 Å². The minimum Gasteiger partial charge on any atom is -0.444 e. The Morgan fingerprint density at radius 1 is 1.53 bits per heavy atom. The third-order valence-corrected chi connectivity index (χ3v) is 2.63. The van der Waals surface area contributed by atoms with Crippen LogP contribution in [0, 0.1) is 17.0 Å². The molecule has 0 fully saturated rings. The molecule has 0 aliphatic rings. The average molecular weight is 262 g/mol. The van der Waals surface area contributed by atoms with Gasteiger partial charge < -0.3 is 15.5 Å². The number of nitrogens with one attached hydrogen (secondary N) is 1. The summed E-state index contributed by atoms with van der Waals surface area (Å²) in [4.78, 5) is 14.6. The first kappa shape index (κ1) is 12.9. The maximum Gasteiger partial charge on any atom is 0.314 e. The minimum absolute atomic E-state index is 0.116. The Kier molecular flexibility index (Phi) is 3.37. The van der Waals surface area contributed by atoms with Gasteiger partial charge in [-0.15, -0.1) is 0 Å². The van der Waals surface area contributed by atoms with Crippen molar-refractivity contribution >= 4 is 17.1 Å². The van der Waals surface area contributed by atoms with Crippen LogP contribution in [0.15, 0.2) is 28.8 Å². The van der Waals surface area contributed by atoms with E-state index in [1.165, 1.54) is 6.07 Å². The van der Waals surface area contributed by atoms with Gasteiger partial charge in [-0.25, -0.2) is 4.98 Å². The van der Waals surface area contributed by atoms with Crippen molar-refractivity contribution in [1.29, 1.82) is 0 Å². The fourth-order valence-electron chi connectivity index (χ4n) is 1.75. The van der Waals surface area contributed by atoms with Gasteiger partial charge in [-0.05, 0) is 26.0 Å². The molecule has 1 aromatic carbocycles. The Labute approximate surface area is 109 Å². The smallest absolute Gasteiger partial charge is 0.314 e. The number of nitro groups is 1. The Balaban J connectivity index is 2.28. The van der Waals surface area contributed by atoms with Crippen molar-refractivity contribution in [1.82, 2.24) is 4.98 Å². The Morgan fingerprint density at radius 3 is 2.84 bits per heavy atom. The number of hydrogen-bond donors (Lipinski definition) is 2. The minimum atomic E-state index is -0.509. The van der Waals surface area contributed by atoms with Crippen molar-refractivity contribution in [3.8, 4) is 0 Å². The first-order chi connectivity index (χ1) is 8.99. The SMILES string of the molecule is Cc1cnc(C(C)Nc2cccc(N)c2[N+](=O)[O-])o1. The summed E-state index contributed by atoms with van der Waals surface area (Å²) in [6.07, 6.45) is 1.60. The number of nitrogen functional groups attached to an aromatic ring is 1. The van der Waals surface area contributed by atoms with Gasteiger partial charge in [-0.3, -0.25) is 10.1 Å². The van der Waals surface area contributed by atoms with Gasteiger partial charge in [0.1, 0.15) is 23.2 Å². The van der Waals surface area contributed by atoms with E-state index in [9.17, 15) is 10.1 Å². The summed E-state index contributed by atoms with van der Waals surface area (Å²) >= 11 is 0. The zero-order chi connectivity index (χ0) is 14.0. The van der Waals surface area contributed by atoms with Crippen molar-refractivity contribution in [2.45, 2.75) is 19.9 Å². The molecule has 0 saturated heterocycles. The fourth-order valence-corrected chi connectivity index (χ4v) is 1.75. The summed E-state index contributed by atoms with van der Waals surface area (Å²) in [6.45, 7) is 3.59. The number of para-hydroxylation sites is 1. The monoisotopic (exact) mass is 262 g/mol. The number of hydrogen-bond acceptors (Lipinski definition) is 6. The lowest BCUT2D eigenvalue weighted by Crippen LogP contribution is -2.09. The number of nitro benzene ring substituents is 1. The van der Waals surface area contributed by atoms with Crippen LogP contribution in [-0.2, 0) is 0 Å². The molecule has 2 rings (SSSR count). The molecule has 100 valence electrons. The Hall–Kier alpha value is -2.57. The molecule has 0 spiro atoms. The van der Waals surface area contributed by atoms with E-state index in [4.69, 9.17) is 10.2 Å². The standard InChI is InChI=1S/C12H14N4O3/c1-7-6-14-12(19-7)8(2)15-10-5-3-4-9(13)11(10)16(17)18/h3-6,8,15H,13H2,1-2H3. The highest BCUT2D eigenvalue weighted by Gasteiger charge is 2.20. The number of oxazole rings is 1. The summed E-state index contributed by atoms with van der Waals surface area (Å²) in [6, 6.07) is 4.44.